The number of hydrogen-bond donors (Lipinski definition) is 2. The largest absolute Gasteiger partial charge is 0.448 e. The van der Waals surface area contributed by atoms with Crippen molar-refractivity contribution in [1.29, 1.82) is 5.26 Å². The molecular formula is C11H10F3N3O2. The quantitative estimate of drug-likeness (QED) is 0.822. The lowest BCUT2D eigenvalue weighted by molar-refractivity contribution is -0.137. The van der Waals surface area contributed by atoms with E-state index in [1.54, 1.807) is 0 Å². The first-order chi connectivity index (χ1) is 8.84. The number of nitrogens with zero attached hydrogens (tertiary/aromatic N) is 1. The Bertz CT molecular complexity index is 509. The first-order valence-corrected chi connectivity index (χ1v) is 5.12. The van der Waals surface area contributed by atoms with Gasteiger partial charge in [0.1, 0.15) is 6.61 Å². The minimum absolute atomic E-state index is 0.0295. The van der Waals surface area contributed by atoms with Gasteiger partial charge in [-0.05, 0) is 18.2 Å². The van der Waals surface area contributed by atoms with Crippen molar-refractivity contribution in [3.63, 3.8) is 0 Å². The molecule has 5 nitrogen and oxygen atoms in total. The molecule has 1 aromatic rings. The van der Waals surface area contributed by atoms with Crippen LogP contribution in [0.5, 0.6) is 0 Å². The molecule has 0 bridgehead atoms. The molecule has 102 valence electrons. The predicted octanol–water partition coefficient (Wildman–Crippen LogP) is 2.08. The Kier molecular flexibility index (Phi) is 4.58. The number of anilines is 1. The molecule has 0 spiro atoms. The van der Waals surface area contributed by atoms with Crippen LogP contribution in [-0.4, -0.2) is 19.2 Å². The molecule has 0 atom stereocenters. The van der Waals surface area contributed by atoms with Crippen LogP contribution in [0.25, 0.3) is 0 Å². The van der Waals surface area contributed by atoms with Crippen LogP contribution in [0.4, 0.5) is 23.7 Å². The smallest absolute Gasteiger partial charge is 0.417 e. The van der Waals surface area contributed by atoms with E-state index in [0.29, 0.717) is 5.69 Å². The molecule has 0 fully saturated rings. The maximum atomic E-state index is 12.5. The number of amides is 1. The molecule has 1 aromatic carbocycles. The molecule has 1 rings (SSSR count). The lowest BCUT2D eigenvalue weighted by Crippen LogP contribution is -2.18. The fraction of sp³-hybridized carbons (Fsp3) is 0.273. The molecule has 0 unspecified atom stereocenters. The van der Waals surface area contributed by atoms with Gasteiger partial charge in [-0.1, -0.05) is 0 Å². The number of rotatable bonds is 4. The van der Waals surface area contributed by atoms with Gasteiger partial charge in [0.15, 0.2) is 0 Å². The van der Waals surface area contributed by atoms with E-state index >= 15 is 0 Å². The molecule has 0 aromatic heterocycles. The number of carbonyl (C=O) groups excluding carboxylic acids is 1. The fourth-order valence-electron chi connectivity index (χ4n) is 1.34. The molecule has 0 aliphatic heterocycles. The summed E-state index contributed by atoms with van der Waals surface area (Å²) in [7, 11) is 0. The number of nitriles is 1. The number of carbonyl (C=O) groups is 1. The summed E-state index contributed by atoms with van der Waals surface area (Å²) < 4.78 is 42.0. The number of halogens is 3. The second-order valence-electron chi connectivity index (χ2n) is 3.46. The van der Waals surface area contributed by atoms with Crippen molar-refractivity contribution in [2.24, 2.45) is 5.73 Å². The predicted molar refractivity (Wildman–Crippen MR) is 60.2 cm³/mol. The van der Waals surface area contributed by atoms with Gasteiger partial charge in [0.25, 0.3) is 0 Å². The molecule has 0 saturated carbocycles. The van der Waals surface area contributed by atoms with E-state index in [0.717, 1.165) is 12.1 Å². The molecule has 3 N–H and O–H groups in total. The van der Waals surface area contributed by atoms with E-state index in [1.165, 1.54) is 12.1 Å². The molecule has 0 saturated heterocycles. The number of nitrogens with two attached hydrogens (primary N) is 1. The van der Waals surface area contributed by atoms with Crippen molar-refractivity contribution in [3.8, 4) is 6.07 Å². The summed E-state index contributed by atoms with van der Waals surface area (Å²) in [5, 5.41) is 11.4. The second kappa shape index (κ2) is 5.95. The van der Waals surface area contributed by atoms with Crippen molar-refractivity contribution in [2.75, 3.05) is 18.5 Å². The summed E-state index contributed by atoms with van der Waals surface area (Å²) in [4.78, 5) is 10.3. The summed E-state index contributed by atoms with van der Waals surface area (Å²) in [6, 6.07) is 4.57. The number of ether oxygens (including phenoxy) is 1. The van der Waals surface area contributed by atoms with Gasteiger partial charge in [0.2, 0.25) is 0 Å². The first-order valence-electron chi connectivity index (χ1n) is 5.12. The van der Waals surface area contributed by atoms with Gasteiger partial charge < -0.3 is 15.8 Å². The number of hydrogen-bond acceptors (Lipinski definition) is 4. The zero-order valence-electron chi connectivity index (χ0n) is 9.62. The van der Waals surface area contributed by atoms with E-state index < -0.39 is 23.4 Å². The van der Waals surface area contributed by atoms with Crippen LogP contribution in [0.2, 0.25) is 0 Å². The summed E-state index contributed by atoms with van der Waals surface area (Å²) >= 11 is 0. The van der Waals surface area contributed by atoms with Crippen molar-refractivity contribution >= 4 is 11.8 Å². The Morgan fingerprint density at radius 2 is 2.16 bits per heavy atom. The molecule has 0 heterocycles. The Balaban J connectivity index is 2.73. The maximum absolute atomic E-state index is 12.5. The number of benzene rings is 1. The van der Waals surface area contributed by atoms with E-state index in [4.69, 9.17) is 11.0 Å². The zero-order chi connectivity index (χ0) is 14.5. The topological polar surface area (TPSA) is 88.1 Å². The Morgan fingerprint density at radius 3 is 2.68 bits per heavy atom. The third kappa shape index (κ3) is 4.39. The average Bonchev–Trinajstić information content (AvgIpc) is 2.32. The second-order valence-corrected chi connectivity index (χ2v) is 3.46. The Labute approximate surface area is 106 Å². The van der Waals surface area contributed by atoms with Gasteiger partial charge >= 0.3 is 12.3 Å². The van der Waals surface area contributed by atoms with Gasteiger partial charge in [-0.25, -0.2) is 4.79 Å². The standard InChI is InChI=1S/C11H10F3N3O2/c12-11(13,14)9-2-1-8(5-7(9)6-15)17-3-4-19-10(16)18/h1-2,5,17H,3-4H2,(H2,16,18). The minimum atomic E-state index is -4.57. The highest BCUT2D eigenvalue weighted by Gasteiger charge is 2.33. The van der Waals surface area contributed by atoms with Crippen molar-refractivity contribution in [2.45, 2.75) is 6.18 Å². The van der Waals surface area contributed by atoms with Crippen LogP contribution in [0.3, 0.4) is 0 Å². The third-order valence-corrected chi connectivity index (χ3v) is 2.12. The molecule has 0 aliphatic carbocycles. The van der Waals surface area contributed by atoms with Gasteiger partial charge in [0, 0.05) is 12.2 Å². The number of alkyl halides is 3. The van der Waals surface area contributed by atoms with Crippen LogP contribution in [-0.2, 0) is 10.9 Å². The summed E-state index contributed by atoms with van der Waals surface area (Å²) in [5.41, 5.74) is 3.58. The van der Waals surface area contributed by atoms with Crippen LogP contribution in [0.15, 0.2) is 18.2 Å². The first kappa shape index (κ1) is 14.6. The van der Waals surface area contributed by atoms with Gasteiger partial charge in [0.05, 0.1) is 17.2 Å². The summed E-state index contributed by atoms with van der Waals surface area (Å²) in [5.74, 6) is 0. The average molecular weight is 273 g/mol. The van der Waals surface area contributed by atoms with Gasteiger partial charge in [-0.3, -0.25) is 0 Å². The molecule has 0 aliphatic rings. The molecule has 19 heavy (non-hydrogen) atoms. The lowest BCUT2D eigenvalue weighted by Gasteiger charge is -2.11. The summed E-state index contributed by atoms with van der Waals surface area (Å²) in [6.07, 6.45) is -5.51. The molecule has 0 radical (unpaired) electrons. The SMILES string of the molecule is N#Cc1cc(NCCOC(N)=O)ccc1C(F)(F)F. The highest BCUT2D eigenvalue weighted by molar-refractivity contribution is 5.64. The lowest BCUT2D eigenvalue weighted by atomic mass is 10.1. The van der Waals surface area contributed by atoms with E-state index in [-0.39, 0.29) is 13.2 Å². The van der Waals surface area contributed by atoms with Crippen molar-refractivity contribution in [1.82, 2.24) is 0 Å². The monoisotopic (exact) mass is 273 g/mol. The summed E-state index contributed by atoms with van der Waals surface area (Å²) in [6.45, 7) is 0.136. The molecular weight excluding hydrogens is 263 g/mol. The zero-order valence-corrected chi connectivity index (χ0v) is 9.62. The van der Waals surface area contributed by atoms with Gasteiger partial charge in [-0.2, -0.15) is 18.4 Å². The molecule has 1 amide bonds. The van der Waals surface area contributed by atoms with Crippen LogP contribution >= 0.6 is 0 Å². The van der Waals surface area contributed by atoms with Crippen LogP contribution in [0, 0.1) is 11.3 Å². The van der Waals surface area contributed by atoms with Crippen molar-refractivity contribution in [3.05, 3.63) is 29.3 Å². The number of nitrogens with one attached hydrogen (secondary N) is 1. The Morgan fingerprint density at radius 1 is 1.47 bits per heavy atom. The van der Waals surface area contributed by atoms with Gasteiger partial charge in [-0.15, -0.1) is 0 Å². The van der Waals surface area contributed by atoms with Crippen molar-refractivity contribution < 1.29 is 22.7 Å². The minimum Gasteiger partial charge on any atom is -0.448 e. The highest BCUT2D eigenvalue weighted by atomic mass is 19.4. The fourth-order valence-corrected chi connectivity index (χ4v) is 1.34. The Hall–Kier alpha value is -2.43. The van der Waals surface area contributed by atoms with E-state index in [1.807, 2.05) is 0 Å². The molecule has 8 heteroatoms. The van der Waals surface area contributed by atoms with E-state index in [9.17, 15) is 18.0 Å². The maximum Gasteiger partial charge on any atom is 0.417 e. The normalized spacial score (nSPS) is 10.6. The third-order valence-electron chi connectivity index (χ3n) is 2.12. The highest BCUT2D eigenvalue weighted by Crippen LogP contribution is 2.32. The van der Waals surface area contributed by atoms with E-state index in [2.05, 4.69) is 10.1 Å². The number of primary amides is 1. The van der Waals surface area contributed by atoms with Crippen LogP contribution < -0.4 is 11.1 Å². The van der Waals surface area contributed by atoms with Crippen LogP contribution in [0.1, 0.15) is 11.1 Å².